The topological polar surface area (TPSA) is 115 Å². The summed E-state index contributed by atoms with van der Waals surface area (Å²) < 4.78 is 40.7. The summed E-state index contributed by atoms with van der Waals surface area (Å²) in [5, 5.41) is 0. The highest BCUT2D eigenvalue weighted by Crippen LogP contribution is 2.40. The van der Waals surface area contributed by atoms with E-state index in [1.54, 1.807) is 29.2 Å². The Morgan fingerprint density at radius 1 is 1.02 bits per heavy atom. The summed E-state index contributed by atoms with van der Waals surface area (Å²) >= 11 is 3.39. The van der Waals surface area contributed by atoms with Crippen LogP contribution in [-0.2, 0) is 4.74 Å². The van der Waals surface area contributed by atoms with Crippen molar-refractivity contribution in [1.29, 1.82) is 0 Å². The minimum Gasteiger partial charge on any atom is -0.444 e. The summed E-state index contributed by atoms with van der Waals surface area (Å²) in [6.07, 6.45) is 2.56. The molecule has 1 aromatic carbocycles. The van der Waals surface area contributed by atoms with E-state index in [-0.39, 0.29) is 41.6 Å². The number of nitrogens with zero attached hydrogens (tertiary/aromatic N) is 7. The molecule has 2 N–H and O–H groups in total. The van der Waals surface area contributed by atoms with Crippen LogP contribution in [0.5, 0.6) is 0 Å². The van der Waals surface area contributed by atoms with Crippen molar-refractivity contribution < 1.29 is 18.3 Å². The van der Waals surface area contributed by atoms with Gasteiger partial charge in [0.05, 0.1) is 12.2 Å². The first-order valence-electron chi connectivity index (χ1n) is 14.7. The molecule has 232 valence electrons. The number of piperidine rings is 2. The van der Waals surface area contributed by atoms with E-state index in [0.29, 0.717) is 25.3 Å². The normalized spacial score (nSPS) is 22.6. The Labute approximate surface area is 256 Å². The average Bonchev–Trinajstić information content (AvgIpc) is 3.20. The maximum absolute atomic E-state index is 16.0. The van der Waals surface area contributed by atoms with Crippen LogP contribution in [0.25, 0.3) is 16.9 Å². The van der Waals surface area contributed by atoms with Gasteiger partial charge in [-0.2, -0.15) is 0 Å². The molecule has 1 amide bonds. The predicted octanol–water partition coefficient (Wildman–Crippen LogP) is 3.89. The number of carbonyl (C=O) groups excluding carboxylic acids is 1. The van der Waals surface area contributed by atoms with Crippen molar-refractivity contribution in [2.45, 2.75) is 69.7 Å². The molecule has 6 rings (SSSR count). The van der Waals surface area contributed by atoms with E-state index < -0.39 is 29.8 Å². The molecule has 43 heavy (non-hydrogen) atoms. The third-order valence-electron chi connectivity index (χ3n) is 8.71. The number of rotatable bonds is 4. The number of likely N-dealkylation sites (tertiary alicyclic amines) is 3. The first-order chi connectivity index (χ1) is 20.3. The van der Waals surface area contributed by atoms with Gasteiger partial charge in [0.1, 0.15) is 23.5 Å². The number of imidazole rings is 1. The number of aromatic nitrogens is 4. The lowest BCUT2D eigenvalue weighted by molar-refractivity contribution is -0.118. The average molecular weight is 664 g/mol. The number of amides is 1. The smallest absolute Gasteiger partial charge is 0.410 e. The Kier molecular flexibility index (Phi) is 7.74. The molecule has 0 aliphatic carbocycles. The molecule has 3 aromatic rings. The van der Waals surface area contributed by atoms with Gasteiger partial charge in [0.25, 0.3) is 5.92 Å². The maximum atomic E-state index is 16.0. The molecule has 11 nitrogen and oxygen atoms in total. The van der Waals surface area contributed by atoms with Crippen molar-refractivity contribution in [1.82, 2.24) is 33.8 Å². The highest BCUT2D eigenvalue weighted by atomic mass is 79.9. The van der Waals surface area contributed by atoms with Crippen LogP contribution >= 0.6 is 15.9 Å². The van der Waals surface area contributed by atoms with Gasteiger partial charge in [-0.05, 0) is 64.3 Å². The van der Waals surface area contributed by atoms with E-state index in [4.69, 9.17) is 10.5 Å². The monoisotopic (exact) mass is 662 g/mol. The summed E-state index contributed by atoms with van der Waals surface area (Å²) in [6, 6.07) is 5.91. The molecule has 3 aliphatic rings. The lowest BCUT2D eigenvalue weighted by atomic mass is 9.94. The molecule has 1 atom stereocenters. The summed E-state index contributed by atoms with van der Waals surface area (Å²) in [7, 11) is 0. The van der Waals surface area contributed by atoms with E-state index in [1.165, 1.54) is 10.9 Å². The zero-order chi connectivity index (χ0) is 30.7. The van der Waals surface area contributed by atoms with Crippen LogP contribution in [0.1, 0.15) is 46.1 Å². The van der Waals surface area contributed by atoms with Crippen LogP contribution in [-0.4, -0.2) is 103 Å². The minimum atomic E-state index is -3.17. The molecular weight excluding hydrogens is 626 g/mol. The Morgan fingerprint density at radius 3 is 2.30 bits per heavy atom. The van der Waals surface area contributed by atoms with Crippen LogP contribution in [0.2, 0.25) is 0 Å². The summed E-state index contributed by atoms with van der Waals surface area (Å²) in [5.74, 6) is -3.11. The fourth-order valence-electron chi connectivity index (χ4n) is 6.54. The number of nitrogen functional groups attached to an aromatic ring is 1. The molecule has 0 saturated carbocycles. The van der Waals surface area contributed by atoms with Gasteiger partial charge in [0, 0.05) is 49.3 Å². The van der Waals surface area contributed by atoms with Crippen molar-refractivity contribution in [3.05, 3.63) is 45.5 Å². The lowest BCUT2D eigenvalue weighted by Gasteiger charge is -2.49. The minimum absolute atomic E-state index is 0.0314. The third-order valence-corrected chi connectivity index (χ3v) is 9.24. The molecule has 5 heterocycles. The van der Waals surface area contributed by atoms with Crippen LogP contribution < -0.4 is 11.4 Å². The van der Waals surface area contributed by atoms with Crippen LogP contribution in [0.4, 0.5) is 19.4 Å². The van der Waals surface area contributed by atoms with Gasteiger partial charge in [-0.1, -0.05) is 15.9 Å². The molecule has 3 saturated heterocycles. The number of nitrogens with two attached hydrogens (primary N) is 1. The summed E-state index contributed by atoms with van der Waals surface area (Å²) in [6.45, 7) is 8.39. The number of fused-ring (bicyclic) bond motifs is 1. The van der Waals surface area contributed by atoms with Crippen molar-refractivity contribution in [2.24, 2.45) is 0 Å². The van der Waals surface area contributed by atoms with Gasteiger partial charge >= 0.3 is 11.8 Å². The molecule has 0 spiro atoms. The Balaban J connectivity index is 1.13. The molecule has 0 radical (unpaired) electrons. The summed E-state index contributed by atoms with van der Waals surface area (Å²) in [5.41, 5.74) is 5.84. The van der Waals surface area contributed by atoms with Gasteiger partial charge in [-0.3, -0.25) is 18.9 Å². The van der Waals surface area contributed by atoms with E-state index in [0.717, 1.165) is 35.0 Å². The largest absolute Gasteiger partial charge is 0.444 e. The van der Waals surface area contributed by atoms with Gasteiger partial charge in [-0.15, -0.1) is 0 Å². The SMILES string of the molecule is CC(C)(C)OC(=O)N1CC(N2CCC(N3CC[C@H](n4c(=O)n(-c5ccc(Br)cc5)c5c(N)ncnc54)C(F)(F)C3)CC2)C1. The van der Waals surface area contributed by atoms with Crippen molar-refractivity contribution in [3.63, 3.8) is 0 Å². The zero-order valence-electron chi connectivity index (χ0n) is 24.5. The predicted molar refractivity (Wildman–Crippen MR) is 162 cm³/mol. The second-order valence-corrected chi connectivity index (χ2v) is 13.7. The Bertz CT molecular complexity index is 1560. The Morgan fingerprint density at radius 2 is 1.67 bits per heavy atom. The molecule has 0 bridgehead atoms. The number of carbonyl (C=O) groups is 1. The van der Waals surface area contributed by atoms with Crippen molar-refractivity contribution in [2.75, 3.05) is 45.0 Å². The van der Waals surface area contributed by atoms with E-state index in [2.05, 4.69) is 30.8 Å². The number of hydrogen-bond donors (Lipinski definition) is 1. The van der Waals surface area contributed by atoms with Gasteiger partial charge in [0.15, 0.2) is 11.5 Å². The van der Waals surface area contributed by atoms with E-state index in [9.17, 15) is 9.59 Å². The van der Waals surface area contributed by atoms with Crippen molar-refractivity contribution in [3.8, 4) is 5.69 Å². The van der Waals surface area contributed by atoms with Gasteiger partial charge < -0.3 is 15.4 Å². The Hall–Kier alpha value is -3.10. The quantitative estimate of drug-likeness (QED) is 0.448. The summed E-state index contributed by atoms with van der Waals surface area (Å²) in [4.78, 5) is 40.3. The maximum Gasteiger partial charge on any atom is 0.410 e. The standard InChI is InChI=1S/C29H37BrF2N8O3/c1-28(2,3)43-27(42)38-14-21(15-38)36-11-8-19(9-12-36)37-13-10-22(29(31,32)16-37)40-25-23(24(33)34-17-35-25)39(26(40)41)20-6-4-18(30)5-7-20/h4-7,17,19,21-22H,8-16H2,1-3H3,(H2,33,34,35)/t22-/m0/s1. The molecular formula is C29H37BrF2N8O3. The third kappa shape index (κ3) is 5.76. The van der Waals surface area contributed by atoms with Crippen LogP contribution in [0.3, 0.4) is 0 Å². The first kappa shape index (κ1) is 29.9. The first-order valence-corrected chi connectivity index (χ1v) is 15.4. The molecule has 3 aliphatic heterocycles. The fraction of sp³-hybridized carbons (Fsp3) is 0.586. The van der Waals surface area contributed by atoms with Gasteiger partial charge in [0.2, 0.25) is 0 Å². The molecule has 3 fully saturated rings. The number of ether oxygens (including phenoxy) is 1. The lowest BCUT2D eigenvalue weighted by Crippen LogP contribution is -2.64. The van der Waals surface area contributed by atoms with Crippen LogP contribution in [0.15, 0.2) is 39.9 Å². The van der Waals surface area contributed by atoms with Crippen LogP contribution in [0, 0.1) is 0 Å². The highest BCUT2D eigenvalue weighted by Gasteiger charge is 2.49. The van der Waals surface area contributed by atoms with Gasteiger partial charge in [-0.25, -0.2) is 28.3 Å². The molecule has 2 aromatic heterocycles. The second kappa shape index (κ2) is 11.1. The number of alkyl halides is 2. The fourth-order valence-corrected chi connectivity index (χ4v) is 6.80. The van der Waals surface area contributed by atoms with Crippen molar-refractivity contribution >= 4 is 39.0 Å². The number of benzene rings is 1. The van der Waals surface area contributed by atoms with E-state index in [1.807, 2.05) is 25.7 Å². The highest BCUT2D eigenvalue weighted by molar-refractivity contribution is 9.10. The number of hydrogen-bond acceptors (Lipinski definition) is 8. The number of halogens is 3. The van der Waals surface area contributed by atoms with E-state index >= 15 is 8.78 Å². The second-order valence-electron chi connectivity index (χ2n) is 12.7. The molecule has 0 unspecified atom stereocenters. The number of anilines is 1. The molecule has 14 heteroatoms. The zero-order valence-corrected chi connectivity index (χ0v) is 26.1.